The summed E-state index contributed by atoms with van der Waals surface area (Å²) in [7, 11) is 0. The van der Waals surface area contributed by atoms with E-state index in [9.17, 15) is 9.59 Å². The van der Waals surface area contributed by atoms with Crippen LogP contribution in [0.2, 0.25) is 0 Å². The molecule has 1 aliphatic rings. The van der Waals surface area contributed by atoms with E-state index < -0.39 is 5.97 Å². The Morgan fingerprint density at radius 3 is 2.54 bits per heavy atom. The zero-order valence-electron chi connectivity index (χ0n) is 13.7. The molecule has 5 heteroatoms. The molecule has 1 aliphatic carbocycles. The van der Waals surface area contributed by atoms with Crippen LogP contribution in [0, 0.1) is 0 Å². The number of aryl methyl sites for hydroxylation is 1. The summed E-state index contributed by atoms with van der Waals surface area (Å²) in [4.78, 5) is 26.6. The summed E-state index contributed by atoms with van der Waals surface area (Å²) < 4.78 is 0. The Hall–Kier alpha value is -2.14. The highest BCUT2D eigenvalue weighted by Gasteiger charge is 2.28. The molecular formula is C19H21NO3S. The van der Waals surface area contributed by atoms with E-state index in [1.807, 2.05) is 11.0 Å². The van der Waals surface area contributed by atoms with Crippen molar-refractivity contribution in [2.24, 2.45) is 0 Å². The molecule has 0 fully saturated rings. The quantitative estimate of drug-likeness (QED) is 0.897. The number of carbonyl (C=O) groups excluding carboxylic acids is 1. The van der Waals surface area contributed by atoms with Gasteiger partial charge in [-0.05, 0) is 48.9 Å². The van der Waals surface area contributed by atoms with Crippen LogP contribution < -0.4 is 0 Å². The maximum absolute atomic E-state index is 12.9. The molecule has 1 aromatic heterocycles. The van der Waals surface area contributed by atoms with Crippen molar-refractivity contribution in [3.63, 3.8) is 0 Å². The van der Waals surface area contributed by atoms with E-state index >= 15 is 0 Å². The number of hydrogen-bond donors (Lipinski definition) is 1. The Morgan fingerprint density at radius 2 is 1.88 bits per heavy atom. The van der Waals surface area contributed by atoms with E-state index in [0.717, 1.165) is 37.0 Å². The molecule has 1 unspecified atom stereocenters. The highest BCUT2D eigenvalue weighted by atomic mass is 32.1. The Morgan fingerprint density at radius 1 is 1.17 bits per heavy atom. The molecule has 126 valence electrons. The third kappa shape index (κ3) is 3.36. The van der Waals surface area contributed by atoms with Gasteiger partial charge in [0.2, 0.25) is 0 Å². The molecule has 0 spiro atoms. The number of carbonyl (C=O) groups is 2. The van der Waals surface area contributed by atoms with Gasteiger partial charge in [-0.1, -0.05) is 31.2 Å². The summed E-state index contributed by atoms with van der Waals surface area (Å²) in [6.07, 6.45) is 3.71. The van der Waals surface area contributed by atoms with Crippen molar-refractivity contribution < 1.29 is 14.7 Å². The second-order valence-electron chi connectivity index (χ2n) is 6.13. The van der Waals surface area contributed by atoms with Gasteiger partial charge in [0, 0.05) is 12.6 Å². The first-order valence-corrected chi connectivity index (χ1v) is 9.12. The molecule has 1 atom stereocenters. The molecule has 1 N–H and O–H groups in total. The van der Waals surface area contributed by atoms with E-state index in [4.69, 9.17) is 5.11 Å². The van der Waals surface area contributed by atoms with Crippen LogP contribution in [-0.2, 0) is 12.8 Å². The van der Waals surface area contributed by atoms with E-state index in [1.54, 1.807) is 6.07 Å². The van der Waals surface area contributed by atoms with Crippen LogP contribution >= 0.6 is 11.3 Å². The van der Waals surface area contributed by atoms with Crippen molar-refractivity contribution in [2.75, 3.05) is 6.54 Å². The second-order valence-corrected chi connectivity index (χ2v) is 7.22. The van der Waals surface area contributed by atoms with Crippen molar-refractivity contribution in [3.05, 3.63) is 57.3 Å². The number of rotatable bonds is 5. The van der Waals surface area contributed by atoms with Crippen molar-refractivity contribution in [1.29, 1.82) is 0 Å². The Balaban J connectivity index is 1.81. The molecule has 1 amide bonds. The van der Waals surface area contributed by atoms with E-state index in [2.05, 4.69) is 25.1 Å². The van der Waals surface area contributed by atoms with Crippen LogP contribution in [0.25, 0.3) is 0 Å². The van der Waals surface area contributed by atoms with Crippen molar-refractivity contribution in [2.45, 2.75) is 38.6 Å². The van der Waals surface area contributed by atoms with Gasteiger partial charge in [-0.25, -0.2) is 4.79 Å². The molecule has 1 heterocycles. The first-order chi connectivity index (χ1) is 11.6. The predicted octanol–water partition coefficient (Wildman–Crippen LogP) is 3.86. The highest BCUT2D eigenvalue weighted by Crippen LogP contribution is 2.27. The lowest BCUT2D eigenvalue weighted by molar-refractivity contribution is 0.0665. The van der Waals surface area contributed by atoms with Gasteiger partial charge < -0.3 is 10.0 Å². The number of amides is 1. The number of benzene rings is 1. The van der Waals surface area contributed by atoms with Crippen LogP contribution in [0.1, 0.15) is 50.2 Å². The number of aromatic carboxylic acids is 1. The van der Waals surface area contributed by atoms with Crippen LogP contribution in [-0.4, -0.2) is 34.5 Å². The normalized spacial score (nSPS) is 16.5. The molecule has 3 rings (SSSR count). The summed E-state index contributed by atoms with van der Waals surface area (Å²) >= 11 is 1.06. The first kappa shape index (κ1) is 16.7. The summed E-state index contributed by atoms with van der Waals surface area (Å²) in [5.41, 5.74) is 2.70. The molecule has 24 heavy (non-hydrogen) atoms. The van der Waals surface area contributed by atoms with Gasteiger partial charge in [0.1, 0.15) is 4.88 Å². The summed E-state index contributed by atoms with van der Waals surface area (Å²) in [5.74, 6) is -1.02. The van der Waals surface area contributed by atoms with Crippen molar-refractivity contribution in [1.82, 2.24) is 4.90 Å². The van der Waals surface area contributed by atoms with E-state index in [-0.39, 0.29) is 16.8 Å². The standard InChI is InChI=1S/C19H21NO3S/c1-2-11-20(18(21)16-9-10-17(24-16)19(22)23)15-8-7-13-5-3-4-6-14(13)12-15/h3-6,9-10,15H,2,7-8,11-12H2,1H3,(H,22,23). The Kier molecular flexibility index (Phi) is 5.00. The second kappa shape index (κ2) is 7.18. The molecule has 0 saturated carbocycles. The van der Waals surface area contributed by atoms with E-state index in [1.165, 1.54) is 17.2 Å². The first-order valence-electron chi connectivity index (χ1n) is 8.31. The molecule has 0 saturated heterocycles. The fourth-order valence-corrected chi connectivity index (χ4v) is 4.15. The van der Waals surface area contributed by atoms with Crippen molar-refractivity contribution in [3.8, 4) is 0 Å². The lowest BCUT2D eigenvalue weighted by atomic mass is 9.87. The number of hydrogen-bond acceptors (Lipinski definition) is 3. The van der Waals surface area contributed by atoms with Gasteiger partial charge in [0.25, 0.3) is 5.91 Å². The zero-order chi connectivity index (χ0) is 17.1. The average molecular weight is 343 g/mol. The fraction of sp³-hybridized carbons (Fsp3) is 0.368. The number of fused-ring (bicyclic) bond motifs is 1. The SMILES string of the molecule is CCCN(C(=O)c1ccc(C(=O)O)s1)C1CCc2ccccc2C1. The maximum Gasteiger partial charge on any atom is 0.345 e. The molecule has 2 aromatic rings. The third-order valence-electron chi connectivity index (χ3n) is 4.51. The number of thiophene rings is 1. The minimum Gasteiger partial charge on any atom is -0.477 e. The monoisotopic (exact) mass is 343 g/mol. The van der Waals surface area contributed by atoms with Gasteiger partial charge in [-0.2, -0.15) is 0 Å². The molecular weight excluding hydrogens is 322 g/mol. The van der Waals surface area contributed by atoms with Gasteiger partial charge in [-0.15, -0.1) is 11.3 Å². The topological polar surface area (TPSA) is 57.6 Å². The van der Waals surface area contributed by atoms with Crippen LogP contribution in [0.4, 0.5) is 0 Å². The van der Waals surface area contributed by atoms with Gasteiger partial charge in [0.15, 0.2) is 0 Å². The minimum absolute atomic E-state index is 0.0428. The Labute approximate surface area is 145 Å². The lowest BCUT2D eigenvalue weighted by Crippen LogP contribution is -2.43. The molecule has 0 bridgehead atoms. The number of carboxylic acid groups (broad SMARTS) is 1. The fourth-order valence-electron chi connectivity index (χ4n) is 3.34. The summed E-state index contributed by atoms with van der Waals surface area (Å²) in [5, 5.41) is 9.07. The smallest absolute Gasteiger partial charge is 0.345 e. The Bertz CT molecular complexity index is 753. The summed E-state index contributed by atoms with van der Waals surface area (Å²) in [6, 6.07) is 11.7. The van der Waals surface area contributed by atoms with Crippen LogP contribution in [0.5, 0.6) is 0 Å². The number of nitrogens with zero attached hydrogens (tertiary/aromatic N) is 1. The van der Waals surface area contributed by atoms with Crippen LogP contribution in [0.3, 0.4) is 0 Å². The molecule has 0 radical (unpaired) electrons. The molecule has 1 aromatic carbocycles. The largest absolute Gasteiger partial charge is 0.477 e. The zero-order valence-corrected chi connectivity index (χ0v) is 14.5. The lowest BCUT2D eigenvalue weighted by Gasteiger charge is -2.35. The highest BCUT2D eigenvalue weighted by molar-refractivity contribution is 7.15. The van der Waals surface area contributed by atoms with E-state index in [0.29, 0.717) is 11.4 Å². The number of carboxylic acids is 1. The average Bonchev–Trinajstić information content (AvgIpc) is 3.09. The van der Waals surface area contributed by atoms with Crippen LogP contribution in [0.15, 0.2) is 36.4 Å². The minimum atomic E-state index is -0.979. The molecule has 0 aliphatic heterocycles. The van der Waals surface area contributed by atoms with Crippen molar-refractivity contribution >= 4 is 23.2 Å². The maximum atomic E-state index is 12.9. The predicted molar refractivity (Wildman–Crippen MR) is 94.9 cm³/mol. The summed E-state index contributed by atoms with van der Waals surface area (Å²) in [6.45, 7) is 2.76. The third-order valence-corrected chi connectivity index (χ3v) is 5.58. The van der Waals surface area contributed by atoms with Gasteiger partial charge >= 0.3 is 5.97 Å². The molecule has 4 nitrogen and oxygen atoms in total. The van der Waals surface area contributed by atoms with Gasteiger partial charge in [0.05, 0.1) is 4.88 Å². The van der Waals surface area contributed by atoms with Gasteiger partial charge in [-0.3, -0.25) is 4.79 Å².